The Labute approximate surface area is 197 Å². The van der Waals surface area contributed by atoms with Crippen LogP contribution in [0.4, 0.5) is 5.00 Å². The smallest absolute Gasteiger partial charge is 0.341 e. The van der Waals surface area contributed by atoms with Gasteiger partial charge in [0.2, 0.25) is 12.7 Å². The Hall–Kier alpha value is -2.62. The normalized spacial score (nSPS) is 20.0. The molecule has 2 atom stereocenters. The van der Waals surface area contributed by atoms with Gasteiger partial charge in [-0.3, -0.25) is 9.69 Å². The highest BCUT2D eigenvalue weighted by molar-refractivity contribution is 7.17. The second kappa shape index (κ2) is 10.1. The number of carbonyl (C=O) groups excluding carboxylic acids is 2. The number of thiophene rings is 1. The molecule has 0 spiro atoms. The Kier molecular flexibility index (Phi) is 7.21. The lowest BCUT2D eigenvalue weighted by atomic mass is 10.1. The highest BCUT2D eigenvalue weighted by atomic mass is 32.1. The first-order valence-electron chi connectivity index (χ1n) is 11.2. The fourth-order valence-electron chi connectivity index (χ4n) is 4.29. The quantitative estimate of drug-likeness (QED) is 0.614. The predicted molar refractivity (Wildman–Crippen MR) is 125 cm³/mol. The molecule has 0 saturated carbocycles. The second-order valence-electron chi connectivity index (χ2n) is 8.44. The zero-order valence-electron chi connectivity index (χ0n) is 19.4. The first-order valence-corrected chi connectivity index (χ1v) is 12.0. The Morgan fingerprint density at radius 1 is 1.18 bits per heavy atom. The van der Waals surface area contributed by atoms with Crippen molar-refractivity contribution in [2.45, 2.75) is 46.3 Å². The Bertz CT molecular complexity index is 1030. The summed E-state index contributed by atoms with van der Waals surface area (Å²) in [5.74, 6) is 0.869. The molecule has 1 aromatic carbocycles. The molecule has 2 aliphatic rings. The lowest BCUT2D eigenvalue weighted by molar-refractivity contribution is -0.121. The number of benzene rings is 1. The van der Waals surface area contributed by atoms with E-state index in [-0.39, 0.29) is 38.1 Å². The molecule has 4 rings (SSSR count). The third kappa shape index (κ3) is 5.48. The van der Waals surface area contributed by atoms with Crippen molar-refractivity contribution >= 4 is 28.2 Å². The highest BCUT2D eigenvalue weighted by Crippen LogP contribution is 2.37. The molecule has 1 amide bonds. The number of esters is 1. The summed E-state index contributed by atoms with van der Waals surface area (Å²) in [5, 5.41) is 3.50. The number of fused-ring (bicyclic) bond motifs is 1. The Balaban J connectivity index is 1.53. The maximum atomic E-state index is 12.9. The van der Waals surface area contributed by atoms with E-state index in [1.165, 1.54) is 11.3 Å². The minimum Gasteiger partial charge on any atom is -0.462 e. The number of carbonyl (C=O) groups is 2. The van der Waals surface area contributed by atoms with E-state index >= 15 is 0 Å². The van der Waals surface area contributed by atoms with E-state index < -0.39 is 5.97 Å². The number of anilines is 1. The first-order chi connectivity index (χ1) is 15.8. The van der Waals surface area contributed by atoms with Crippen LogP contribution in [0.5, 0.6) is 11.5 Å². The molecule has 9 heteroatoms. The van der Waals surface area contributed by atoms with Crippen LogP contribution in [0.2, 0.25) is 0 Å². The SMILES string of the molecule is CCOC(=O)c1c(NC(=O)CN2C[C@@H](C)O[C@H](C)C2)sc(Cc2ccc3c(c2)OCO3)c1C. The summed E-state index contributed by atoms with van der Waals surface area (Å²) in [6.07, 6.45) is 0.760. The average Bonchev–Trinajstić information content (AvgIpc) is 3.31. The van der Waals surface area contributed by atoms with Crippen molar-refractivity contribution in [1.82, 2.24) is 4.90 Å². The zero-order chi connectivity index (χ0) is 23.5. The van der Waals surface area contributed by atoms with E-state index in [0.717, 1.165) is 27.5 Å². The third-order valence-corrected chi connectivity index (χ3v) is 6.85. The van der Waals surface area contributed by atoms with Crippen LogP contribution < -0.4 is 14.8 Å². The third-order valence-electron chi connectivity index (χ3n) is 5.64. The lowest BCUT2D eigenvalue weighted by Crippen LogP contribution is -2.48. The monoisotopic (exact) mass is 474 g/mol. The summed E-state index contributed by atoms with van der Waals surface area (Å²) in [7, 11) is 0. The molecule has 0 radical (unpaired) electrons. The van der Waals surface area contributed by atoms with Gasteiger partial charge in [-0.25, -0.2) is 4.79 Å². The largest absolute Gasteiger partial charge is 0.462 e. The van der Waals surface area contributed by atoms with Gasteiger partial charge in [0.25, 0.3) is 0 Å². The van der Waals surface area contributed by atoms with Crippen molar-refractivity contribution in [2.75, 3.05) is 38.4 Å². The van der Waals surface area contributed by atoms with Crippen molar-refractivity contribution in [3.05, 3.63) is 39.8 Å². The maximum Gasteiger partial charge on any atom is 0.341 e. The van der Waals surface area contributed by atoms with Crippen molar-refractivity contribution < 1.29 is 28.5 Å². The van der Waals surface area contributed by atoms with Crippen LogP contribution in [0.15, 0.2) is 18.2 Å². The molecule has 0 aliphatic carbocycles. The fraction of sp³-hybridized carbons (Fsp3) is 0.500. The Morgan fingerprint density at radius 2 is 1.91 bits per heavy atom. The number of hydrogen-bond acceptors (Lipinski definition) is 8. The van der Waals surface area contributed by atoms with E-state index in [1.807, 2.05) is 39.0 Å². The van der Waals surface area contributed by atoms with E-state index in [1.54, 1.807) is 6.92 Å². The van der Waals surface area contributed by atoms with Crippen LogP contribution >= 0.6 is 11.3 Å². The van der Waals surface area contributed by atoms with Crippen LogP contribution in [0.25, 0.3) is 0 Å². The topological polar surface area (TPSA) is 86.3 Å². The predicted octanol–water partition coefficient (Wildman–Crippen LogP) is 3.60. The van der Waals surface area contributed by atoms with Gasteiger partial charge in [0.1, 0.15) is 5.00 Å². The molecular weight excluding hydrogens is 444 g/mol. The van der Waals surface area contributed by atoms with Crippen LogP contribution in [-0.2, 0) is 20.7 Å². The van der Waals surface area contributed by atoms with Crippen LogP contribution in [-0.4, -0.2) is 62.0 Å². The first kappa shape index (κ1) is 23.5. The van der Waals surface area contributed by atoms with E-state index in [4.69, 9.17) is 18.9 Å². The molecule has 1 fully saturated rings. The van der Waals surface area contributed by atoms with Gasteiger partial charge in [-0.2, -0.15) is 0 Å². The van der Waals surface area contributed by atoms with Gasteiger partial charge in [0.15, 0.2) is 11.5 Å². The molecule has 1 N–H and O–H groups in total. The molecule has 33 heavy (non-hydrogen) atoms. The van der Waals surface area contributed by atoms with Gasteiger partial charge in [-0.15, -0.1) is 11.3 Å². The van der Waals surface area contributed by atoms with Crippen molar-refractivity contribution in [2.24, 2.45) is 0 Å². The molecule has 8 nitrogen and oxygen atoms in total. The molecule has 2 aliphatic heterocycles. The number of nitrogens with zero attached hydrogens (tertiary/aromatic N) is 1. The number of rotatable bonds is 7. The number of nitrogens with one attached hydrogen (secondary N) is 1. The molecule has 1 saturated heterocycles. The van der Waals surface area contributed by atoms with Crippen LogP contribution in [0, 0.1) is 6.92 Å². The van der Waals surface area contributed by atoms with Gasteiger partial charge in [0, 0.05) is 24.4 Å². The summed E-state index contributed by atoms with van der Waals surface area (Å²) in [6, 6.07) is 5.82. The number of morpholine rings is 1. The number of hydrogen-bond donors (Lipinski definition) is 1. The van der Waals surface area contributed by atoms with Gasteiger partial charge >= 0.3 is 5.97 Å². The summed E-state index contributed by atoms with van der Waals surface area (Å²) >= 11 is 1.41. The number of ether oxygens (including phenoxy) is 4. The summed E-state index contributed by atoms with van der Waals surface area (Å²) in [5.41, 5.74) is 2.28. The minimum absolute atomic E-state index is 0.0777. The standard InChI is InChI=1S/C24H30N2O6S/c1-5-29-24(28)22-16(4)20(9-17-6-7-18-19(8-17)31-13-30-18)33-23(22)25-21(27)12-26-10-14(2)32-15(3)11-26/h6-8,14-15H,5,9-13H2,1-4H3,(H,25,27)/t14-,15-/m1/s1. The van der Waals surface area contributed by atoms with Gasteiger partial charge < -0.3 is 24.3 Å². The fourth-order valence-corrected chi connectivity index (χ4v) is 5.53. The van der Waals surface area contributed by atoms with Crippen LogP contribution in [0.3, 0.4) is 0 Å². The lowest BCUT2D eigenvalue weighted by Gasteiger charge is -2.34. The van der Waals surface area contributed by atoms with Gasteiger partial charge in [-0.05, 0) is 51.0 Å². The van der Waals surface area contributed by atoms with Crippen LogP contribution in [0.1, 0.15) is 47.1 Å². The van der Waals surface area contributed by atoms with Gasteiger partial charge in [-0.1, -0.05) is 6.07 Å². The zero-order valence-corrected chi connectivity index (χ0v) is 20.3. The molecule has 178 valence electrons. The molecule has 3 heterocycles. The molecular formula is C24H30N2O6S. The second-order valence-corrected chi connectivity index (χ2v) is 9.54. The van der Waals surface area contributed by atoms with E-state index in [0.29, 0.717) is 30.1 Å². The van der Waals surface area contributed by atoms with E-state index in [9.17, 15) is 9.59 Å². The minimum atomic E-state index is -0.424. The molecule has 1 aromatic heterocycles. The van der Waals surface area contributed by atoms with Gasteiger partial charge in [0.05, 0.1) is 30.9 Å². The Morgan fingerprint density at radius 3 is 2.64 bits per heavy atom. The molecule has 0 unspecified atom stereocenters. The summed E-state index contributed by atoms with van der Waals surface area (Å²) < 4.78 is 21.9. The summed E-state index contributed by atoms with van der Waals surface area (Å²) in [6.45, 7) is 9.80. The van der Waals surface area contributed by atoms with Crippen molar-refractivity contribution in [1.29, 1.82) is 0 Å². The average molecular weight is 475 g/mol. The van der Waals surface area contributed by atoms with E-state index in [2.05, 4.69) is 10.2 Å². The molecule has 2 aromatic rings. The highest BCUT2D eigenvalue weighted by Gasteiger charge is 2.27. The summed E-state index contributed by atoms with van der Waals surface area (Å²) in [4.78, 5) is 28.7. The molecule has 0 bridgehead atoms. The maximum absolute atomic E-state index is 12.9. The van der Waals surface area contributed by atoms with Crippen molar-refractivity contribution in [3.63, 3.8) is 0 Å². The number of amides is 1. The van der Waals surface area contributed by atoms with Crippen molar-refractivity contribution in [3.8, 4) is 11.5 Å².